The summed E-state index contributed by atoms with van der Waals surface area (Å²) < 4.78 is 41.5. The van der Waals surface area contributed by atoms with Gasteiger partial charge < -0.3 is 10.2 Å². The fraction of sp³-hybridized carbons (Fsp3) is 0.292. The molecule has 1 N–H and O–H groups in total. The Morgan fingerprint density at radius 3 is 2.41 bits per heavy atom. The number of aromatic nitrogens is 2. The van der Waals surface area contributed by atoms with Gasteiger partial charge in [0.15, 0.2) is 5.69 Å². The number of para-hydroxylation sites is 1. The Kier molecular flexibility index (Phi) is 6.65. The van der Waals surface area contributed by atoms with Gasteiger partial charge >= 0.3 is 6.18 Å². The molecule has 10 heteroatoms. The molecule has 0 aliphatic carbocycles. The van der Waals surface area contributed by atoms with Crippen LogP contribution in [0.1, 0.15) is 41.0 Å². The number of aryl methyl sites for hydroxylation is 1. The first-order chi connectivity index (χ1) is 16.1. The first kappa shape index (κ1) is 23.8. The van der Waals surface area contributed by atoms with E-state index in [1.54, 1.807) is 31.2 Å². The molecular weight excluding hydrogens is 469 g/mol. The summed E-state index contributed by atoms with van der Waals surface area (Å²) in [6.07, 6.45) is -1.75. The van der Waals surface area contributed by atoms with Crippen LogP contribution in [0.3, 0.4) is 0 Å². The van der Waals surface area contributed by atoms with Crippen molar-refractivity contribution in [3.63, 3.8) is 0 Å². The molecule has 1 aliphatic heterocycles. The molecule has 2 heterocycles. The van der Waals surface area contributed by atoms with Gasteiger partial charge in [-0.2, -0.15) is 18.3 Å². The Labute approximate surface area is 199 Å². The quantitative estimate of drug-likeness (QED) is 0.527. The zero-order valence-electron chi connectivity index (χ0n) is 18.3. The predicted octanol–water partition coefficient (Wildman–Crippen LogP) is 5.46. The minimum absolute atomic E-state index is 0.0206. The summed E-state index contributed by atoms with van der Waals surface area (Å²) in [5, 5.41) is 7.04. The maximum atomic E-state index is 13.4. The number of anilines is 2. The summed E-state index contributed by atoms with van der Waals surface area (Å²) in [6, 6.07) is 11.3. The summed E-state index contributed by atoms with van der Waals surface area (Å²) in [4.78, 5) is 27.6. The van der Waals surface area contributed by atoms with Crippen molar-refractivity contribution in [3.05, 3.63) is 80.7 Å². The summed E-state index contributed by atoms with van der Waals surface area (Å²) in [5.74, 6) is -0.900. The Balaban J connectivity index is 1.74. The number of benzene rings is 2. The number of carbonyl (C=O) groups is 1. The lowest BCUT2D eigenvalue weighted by Gasteiger charge is -2.31. The van der Waals surface area contributed by atoms with Crippen LogP contribution in [0.5, 0.6) is 0 Å². The highest BCUT2D eigenvalue weighted by molar-refractivity contribution is 6.32. The molecule has 1 aromatic heterocycles. The van der Waals surface area contributed by atoms with E-state index in [2.05, 4.69) is 10.4 Å². The molecule has 1 fully saturated rings. The van der Waals surface area contributed by atoms with Crippen molar-refractivity contribution in [2.24, 2.45) is 0 Å². The van der Waals surface area contributed by atoms with E-state index in [1.165, 1.54) is 16.8 Å². The van der Waals surface area contributed by atoms with Crippen LogP contribution in [0.4, 0.5) is 24.5 Å². The van der Waals surface area contributed by atoms with Crippen molar-refractivity contribution < 1.29 is 18.0 Å². The molecule has 4 rings (SSSR count). The molecule has 2 aromatic carbocycles. The second-order valence-electron chi connectivity index (χ2n) is 8.09. The third-order valence-electron chi connectivity index (χ3n) is 5.67. The Hall–Kier alpha value is -3.33. The highest BCUT2D eigenvalue weighted by Gasteiger charge is 2.32. The molecular formula is C24H22ClF3N4O2. The Morgan fingerprint density at radius 1 is 1.03 bits per heavy atom. The number of halogens is 4. The lowest BCUT2D eigenvalue weighted by atomic mass is 10.1. The van der Waals surface area contributed by atoms with Gasteiger partial charge in [0.05, 0.1) is 27.6 Å². The number of hydrogen-bond donors (Lipinski definition) is 1. The average molecular weight is 491 g/mol. The Bertz CT molecular complexity index is 1280. The highest BCUT2D eigenvalue weighted by Crippen LogP contribution is 2.36. The first-order valence-electron chi connectivity index (χ1n) is 10.8. The standard InChI is InChI=1S/C24H22ClF3N4O2/c1-15-13-21(33)22(30-32(15)19-8-4-3-7-17(19)25)23(34)29-18-14-16(24(26,27)28)9-10-20(18)31-11-5-2-6-12-31/h3-4,7-10,13-14H,2,5-6,11-12H2,1H3,(H,29,34). The lowest BCUT2D eigenvalue weighted by Crippen LogP contribution is -2.31. The van der Waals surface area contributed by atoms with Gasteiger partial charge in [-0.15, -0.1) is 0 Å². The van der Waals surface area contributed by atoms with Crippen molar-refractivity contribution in [3.8, 4) is 5.69 Å². The highest BCUT2D eigenvalue weighted by atomic mass is 35.5. The lowest BCUT2D eigenvalue weighted by molar-refractivity contribution is -0.137. The van der Waals surface area contributed by atoms with Gasteiger partial charge in [0.1, 0.15) is 0 Å². The molecule has 1 aliphatic rings. The van der Waals surface area contributed by atoms with Gasteiger partial charge in [-0.3, -0.25) is 9.59 Å². The molecule has 178 valence electrons. The van der Waals surface area contributed by atoms with E-state index in [4.69, 9.17) is 11.6 Å². The van der Waals surface area contributed by atoms with Gasteiger partial charge in [-0.1, -0.05) is 23.7 Å². The van der Waals surface area contributed by atoms with Crippen LogP contribution in [0.15, 0.2) is 53.3 Å². The number of piperidine rings is 1. The van der Waals surface area contributed by atoms with E-state index in [0.717, 1.165) is 31.4 Å². The van der Waals surface area contributed by atoms with Crippen molar-refractivity contribution in [2.75, 3.05) is 23.3 Å². The van der Waals surface area contributed by atoms with Gasteiger partial charge in [0.25, 0.3) is 5.91 Å². The zero-order chi connectivity index (χ0) is 24.5. The molecule has 1 amide bonds. The molecule has 0 bridgehead atoms. The smallest absolute Gasteiger partial charge is 0.370 e. The average Bonchev–Trinajstić information content (AvgIpc) is 2.80. The fourth-order valence-corrected chi connectivity index (χ4v) is 4.19. The maximum absolute atomic E-state index is 13.4. The molecule has 1 saturated heterocycles. The van der Waals surface area contributed by atoms with Gasteiger partial charge in [-0.05, 0) is 56.5 Å². The van der Waals surface area contributed by atoms with Crippen molar-refractivity contribution in [1.82, 2.24) is 9.78 Å². The molecule has 0 saturated carbocycles. The van der Waals surface area contributed by atoms with Crippen LogP contribution < -0.4 is 15.6 Å². The van der Waals surface area contributed by atoms with E-state index in [-0.39, 0.29) is 5.69 Å². The zero-order valence-corrected chi connectivity index (χ0v) is 19.1. The largest absolute Gasteiger partial charge is 0.416 e. The maximum Gasteiger partial charge on any atom is 0.416 e. The minimum Gasteiger partial charge on any atom is -0.370 e. The van der Waals surface area contributed by atoms with Crippen molar-refractivity contribution in [1.29, 1.82) is 0 Å². The Morgan fingerprint density at radius 2 is 1.74 bits per heavy atom. The molecule has 0 unspecified atom stereocenters. The van der Waals surface area contributed by atoms with Gasteiger partial charge in [0.2, 0.25) is 5.43 Å². The first-order valence-corrected chi connectivity index (χ1v) is 11.2. The summed E-state index contributed by atoms with van der Waals surface area (Å²) in [5.41, 5.74) is -0.634. The van der Waals surface area contributed by atoms with Crippen LogP contribution in [0, 0.1) is 6.92 Å². The summed E-state index contributed by atoms with van der Waals surface area (Å²) in [6.45, 7) is 2.97. The van der Waals surface area contributed by atoms with Crippen LogP contribution in [-0.4, -0.2) is 28.8 Å². The number of nitrogens with one attached hydrogen (secondary N) is 1. The summed E-state index contributed by atoms with van der Waals surface area (Å²) >= 11 is 6.25. The van der Waals surface area contributed by atoms with Crippen LogP contribution in [0.2, 0.25) is 5.02 Å². The van der Waals surface area contributed by atoms with E-state index >= 15 is 0 Å². The van der Waals surface area contributed by atoms with E-state index in [1.807, 2.05) is 4.90 Å². The number of carbonyl (C=O) groups excluding carboxylic acids is 1. The van der Waals surface area contributed by atoms with Crippen molar-refractivity contribution in [2.45, 2.75) is 32.4 Å². The third-order valence-corrected chi connectivity index (χ3v) is 5.99. The number of amides is 1. The third kappa shape index (κ3) is 4.94. The SMILES string of the molecule is Cc1cc(=O)c(C(=O)Nc2cc(C(F)(F)F)ccc2N2CCCCC2)nn1-c1ccccc1Cl. The van der Waals surface area contributed by atoms with E-state index < -0.39 is 28.8 Å². The normalized spacial score (nSPS) is 14.2. The van der Waals surface area contributed by atoms with Gasteiger partial charge in [-0.25, -0.2) is 4.68 Å². The molecule has 0 spiro atoms. The molecule has 6 nitrogen and oxygen atoms in total. The molecule has 3 aromatic rings. The van der Waals surface area contributed by atoms with Crippen molar-refractivity contribution >= 4 is 28.9 Å². The van der Waals surface area contributed by atoms with Crippen LogP contribution >= 0.6 is 11.6 Å². The number of rotatable bonds is 4. The van der Waals surface area contributed by atoms with E-state index in [9.17, 15) is 22.8 Å². The minimum atomic E-state index is -4.58. The fourth-order valence-electron chi connectivity index (χ4n) is 3.98. The number of nitrogens with zero attached hydrogens (tertiary/aromatic N) is 3. The second-order valence-corrected chi connectivity index (χ2v) is 8.50. The monoisotopic (exact) mass is 490 g/mol. The summed E-state index contributed by atoms with van der Waals surface area (Å²) in [7, 11) is 0. The molecule has 0 radical (unpaired) electrons. The molecule has 0 atom stereocenters. The molecule has 34 heavy (non-hydrogen) atoms. The van der Waals surface area contributed by atoms with Gasteiger partial charge in [0, 0.05) is 24.8 Å². The van der Waals surface area contributed by atoms with E-state index in [0.29, 0.717) is 35.2 Å². The topological polar surface area (TPSA) is 67.2 Å². The number of hydrogen-bond acceptors (Lipinski definition) is 4. The second kappa shape index (κ2) is 9.50. The predicted molar refractivity (Wildman–Crippen MR) is 125 cm³/mol. The number of alkyl halides is 3. The van der Waals surface area contributed by atoms with Crippen LogP contribution in [-0.2, 0) is 6.18 Å². The van der Waals surface area contributed by atoms with Crippen LogP contribution in [0.25, 0.3) is 5.69 Å².